The summed E-state index contributed by atoms with van der Waals surface area (Å²) in [7, 11) is 1.82. The number of halogens is 1. The van der Waals surface area contributed by atoms with Gasteiger partial charge in [0.2, 0.25) is 0 Å². The lowest BCUT2D eigenvalue weighted by Crippen LogP contribution is -2.28. The van der Waals surface area contributed by atoms with Crippen LogP contribution in [0.15, 0.2) is 46.9 Å². The fourth-order valence-electron chi connectivity index (χ4n) is 3.81. The zero-order chi connectivity index (χ0) is 19.0. The molecule has 4 rings (SSSR count). The van der Waals surface area contributed by atoms with Crippen LogP contribution < -0.4 is 4.90 Å². The van der Waals surface area contributed by atoms with Crippen molar-refractivity contribution in [1.82, 2.24) is 4.90 Å². The number of amides is 1. The van der Waals surface area contributed by atoms with Crippen molar-refractivity contribution in [1.29, 1.82) is 0 Å². The molecule has 140 valence electrons. The van der Waals surface area contributed by atoms with Crippen molar-refractivity contribution >= 4 is 34.2 Å². The molecule has 5 heteroatoms. The number of carbonyl (C=O) groups is 1. The summed E-state index contributed by atoms with van der Waals surface area (Å²) in [6.07, 6.45) is 2.45. The fraction of sp³-hybridized carbons (Fsp3) is 0.318. The van der Waals surface area contributed by atoms with Crippen LogP contribution in [0.5, 0.6) is 0 Å². The van der Waals surface area contributed by atoms with Gasteiger partial charge in [-0.3, -0.25) is 4.79 Å². The van der Waals surface area contributed by atoms with Gasteiger partial charge in [-0.25, -0.2) is 0 Å². The van der Waals surface area contributed by atoms with Gasteiger partial charge >= 0.3 is 0 Å². The second kappa shape index (κ2) is 7.28. The lowest BCUT2D eigenvalue weighted by Gasteiger charge is -2.24. The molecule has 1 fully saturated rings. The second-order valence-corrected chi connectivity index (χ2v) is 7.62. The summed E-state index contributed by atoms with van der Waals surface area (Å²) >= 11 is 6.09. The number of anilines is 1. The van der Waals surface area contributed by atoms with Gasteiger partial charge in [-0.2, -0.15) is 0 Å². The molecule has 1 aliphatic heterocycles. The standard InChI is InChI=1S/C22H23ClN2O2/c1-15-18-13-17(23)9-10-20(18)27-21(15)22(26)24(2)14-16-7-3-4-8-19(16)25-11-5-6-12-25/h3-4,7-10,13H,5-6,11-12,14H2,1-2H3. The monoisotopic (exact) mass is 382 g/mol. The number of rotatable bonds is 4. The number of aryl methyl sites for hydroxylation is 1. The van der Waals surface area contributed by atoms with Crippen LogP contribution in [0.1, 0.15) is 34.5 Å². The zero-order valence-electron chi connectivity index (χ0n) is 15.7. The second-order valence-electron chi connectivity index (χ2n) is 7.18. The van der Waals surface area contributed by atoms with Crippen molar-refractivity contribution in [3.05, 3.63) is 64.4 Å². The van der Waals surface area contributed by atoms with E-state index in [4.69, 9.17) is 16.0 Å². The molecular formula is C22H23ClN2O2. The number of para-hydroxylation sites is 1. The molecular weight excluding hydrogens is 360 g/mol. The molecule has 0 saturated carbocycles. The van der Waals surface area contributed by atoms with Gasteiger partial charge in [-0.15, -0.1) is 0 Å². The van der Waals surface area contributed by atoms with Crippen LogP contribution in [0.3, 0.4) is 0 Å². The molecule has 3 aromatic rings. The van der Waals surface area contributed by atoms with Gasteiger partial charge in [0.05, 0.1) is 0 Å². The normalized spacial score (nSPS) is 14.1. The third kappa shape index (κ3) is 3.42. The molecule has 1 aliphatic rings. The minimum atomic E-state index is -0.115. The van der Waals surface area contributed by atoms with E-state index in [1.54, 1.807) is 11.0 Å². The first-order valence-corrected chi connectivity index (χ1v) is 9.69. The van der Waals surface area contributed by atoms with E-state index in [0.717, 1.165) is 29.6 Å². The number of hydrogen-bond donors (Lipinski definition) is 0. The maximum atomic E-state index is 13.0. The van der Waals surface area contributed by atoms with Gasteiger partial charge in [0, 0.05) is 48.3 Å². The van der Waals surface area contributed by atoms with E-state index in [9.17, 15) is 4.79 Å². The lowest BCUT2D eigenvalue weighted by molar-refractivity contribution is 0.0755. The Morgan fingerprint density at radius 2 is 1.93 bits per heavy atom. The number of fused-ring (bicyclic) bond motifs is 1. The summed E-state index contributed by atoms with van der Waals surface area (Å²) in [4.78, 5) is 17.2. The molecule has 2 aromatic carbocycles. The summed E-state index contributed by atoms with van der Waals surface area (Å²) < 4.78 is 5.84. The number of nitrogens with zero attached hydrogens (tertiary/aromatic N) is 2. The van der Waals surface area contributed by atoms with Crippen molar-refractivity contribution in [3.63, 3.8) is 0 Å². The van der Waals surface area contributed by atoms with Crippen LogP contribution in [0, 0.1) is 6.92 Å². The van der Waals surface area contributed by atoms with Crippen molar-refractivity contribution < 1.29 is 9.21 Å². The molecule has 0 bridgehead atoms. The van der Waals surface area contributed by atoms with Crippen LogP contribution in [0.25, 0.3) is 11.0 Å². The van der Waals surface area contributed by atoms with Crippen LogP contribution >= 0.6 is 11.6 Å². The van der Waals surface area contributed by atoms with Crippen molar-refractivity contribution in [2.75, 3.05) is 25.0 Å². The predicted octanol–water partition coefficient (Wildman–Crippen LogP) is 5.27. The van der Waals surface area contributed by atoms with E-state index in [1.165, 1.54) is 18.5 Å². The quantitative estimate of drug-likeness (QED) is 0.617. The largest absolute Gasteiger partial charge is 0.451 e. The van der Waals surface area contributed by atoms with Crippen LogP contribution in [-0.4, -0.2) is 30.9 Å². The molecule has 1 aromatic heterocycles. The van der Waals surface area contributed by atoms with E-state index in [2.05, 4.69) is 23.1 Å². The summed E-state index contributed by atoms with van der Waals surface area (Å²) in [5.41, 5.74) is 3.90. The Morgan fingerprint density at radius 3 is 2.70 bits per heavy atom. The summed E-state index contributed by atoms with van der Waals surface area (Å²) in [6, 6.07) is 13.8. The first-order chi connectivity index (χ1) is 13.0. The highest BCUT2D eigenvalue weighted by atomic mass is 35.5. The van der Waals surface area contributed by atoms with E-state index < -0.39 is 0 Å². The Labute approximate surface area is 164 Å². The minimum Gasteiger partial charge on any atom is -0.451 e. The van der Waals surface area contributed by atoms with Gasteiger partial charge in [0.15, 0.2) is 5.76 Å². The first-order valence-electron chi connectivity index (χ1n) is 9.31. The van der Waals surface area contributed by atoms with Gasteiger partial charge in [0.25, 0.3) is 5.91 Å². The average Bonchev–Trinajstić information content (AvgIpc) is 3.30. The highest BCUT2D eigenvalue weighted by molar-refractivity contribution is 6.31. The van der Waals surface area contributed by atoms with E-state index in [0.29, 0.717) is 22.9 Å². The van der Waals surface area contributed by atoms with Gasteiger partial charge in [-0.1, -0.05) is 29.8 Å². The topological polar surface area (TPSA) is 36.7 Å². The Morgan fingerprint density at radius 1 is 1.19 bits per heavy atom. The zero-order valence-corrected chi connectivity index (χ0v) is 16.4. The molecule has 1 amide bonds. The molecule has 0 atom stereocenters. The van der Waals surface area contributed by atoms with Crippen LogP contribution in [0.4, 0.5) is 5.69 Å². The number of hydrogen-bond acceptors (Lipinski definition) is 3. The maximum Gasteiger partial charge on any atom is 0.289 e. The molecule has 0 unspecified atom stereocenters. The van der Waals surface area contributed by atoms with Crippen molar-refractivity contribution in [2.45, 2.75) is 26.3 Å². The summed E-state index contributed by atoms with van der Waals surface area (Å²) in [6.45, 7) is 4.61. The Hall–Kier alpha value is -2.46. The van der Waals surface area contributed by atoms with Crippen LogP contribution in [0.2, 0.25) is 5.02 Å². The molecule has 0 spiro atoms. The predicted molar refractivity (Wildman–Crippen MR) is 110 cm³/mol. The Bertz CT molecular complexity index is 989. The van der Waals surface area contributed by atoms with Crippen molar-refractivity contribution in [2.24, 2.45) is 0 Å². The van der Waals surface area contributed by atoms with Crippen molar-refractivity contribution in [3.8, 4) is 0 Å². The van der Waals surface area contributed by atoms with Gasteiger partial charge in [0.1, 0.15) is 5.58 Å². The molecule has 0 aliphatic carbocycles. The van der Waals surface area contributed by atoms with E-state index in [1.807, 2.05) is 32.2 Å². The molecule has 0 N–H and O–H groups in total. The third-order valence-electron chi connectivity index (χ3n) is 5.29. The number of benzene rings is 2. The minimum absolute atomic E-state index is 0.115. The lowest BCUT2D eigenvalue weighted by atomic mass is 10.1. The fourth-order valence-corrected chi connectivity index (χ4v) is 3.98. The number of carbonyl (C=O) groups excluding carboxylic acids is 1. The third-order valence-corrected chi connectivity index (χ3v) is 5.52. The molecule has 27 heavy (non-hydrogen) atoms. The van der Waals surface area contributed by atoms with Gasteiger partial charge in [-0.05, 0) is 49.6 Å². The molecule has 1 saturated heterocycles. The first kappa shape index (κ1) is 17.9. The molecule has 4 nitrogen and oxygen atoms in total. The maximum absolute atomic E-state index is 13.0. The summed E-state index contributed by atoms with van der Waals surface area (Å²) in [5, 5.41) is 1.52. The smallest absolute Gasteiger partial charge is 0.289 e. The molecule has 0 radical (unpaired) electrons. The Balaban J connectivity index is 1.60. The van der Waals surface area contributed by atoms with E-state index >= 15 is 0 Å². The SMILES string of the molecule is Cc1c(C(=O)N(C)Cc2ccccc2N2CCCC2)oc2ccc(Cl)cc12. The highest BCUT2D eigenvalue weighted by Crippen LogP contribution is 2.30. The molecule has 2 heterocycles. The Kier molecular flexibility index (Phi) is 4.83. The summed E-state index contributed by atoms with van der Waals surface area (Å²) in [5.74, 6) is 0.268. The number of furan rings is 1. The highest BCUT2D eigenvalue weighted by Gasteiger charge is 2.23. The van der Waals surface area contributed by atoms with E-state index in [-0.39, 0.29) is 5.91 Å². The van der Waals surface area contributed by atoms with Crippen LogP contribution in [-0.2, 0) is 6.54 Å². The van der Waals surface area contributed by atoms with Gasteiger partial charge < -0.3 is 14.2 Å². The average molecular weight is 383 g/mol.